The van der Waals surface area contributed by atoms with E-state index in [0.717, 1.165) is 12.8 Å². The molecule has 4 nitrogen and oxygen atoms in total. The summed E-state index contributed by atoms with van der Waals surface area (Å²) in [6, 6.07) is 0. The molecule has 0 saturated heterocycles. The van der Waals surface area contributed by atoms with Gasteiger partial charge in [0, 0.05) is 19.7 Å². The number of hydrogen-bond acceptors (Lipinski definition) is 4. The van der Waals surface area contributed by atoms with E-state index in [2.05, 4.69) is 12.2 Å². The monoisotopic (exact) mass is 233 g/mol. The highest BCUT2D eigenvalue weighted by molar-refractivity contribution is 4.65. The molecule has 0 radical (unpaired) electrons. The van der Waals surface area contributed by atoms with E-state index in [0.29, 0.717) is 26.3 Å². The largest absolute Gasteiger partial charge is 0.392 e. The Morgan fingerprint density at radius 1 is 1.19 bits per heavy atom. The number of aliphatic hydroxyl groups is 2. The second-order valence-corrected chi connectivity index (χ2v) is 4.55. The predicted molar refractivity (Wildman–Crippen MR) is 65.4 cm³/mol. The lowest BCUT2D eigenvalue weighted by Gasteiger charge is -2.17. The van der Waals surface area contributed by atoms with Crippen molar-refractivity contribution in [2.24, 2.45) is 5.92 Å². The van der Waals surface area contributed by atoms with Crippen molar-refractivity contribution in [3.05, 3.63) is 0 Å². The number of aliphatic hydroxyl groups excluding tert-OH is 2. The lowest BCUT2D eigenvalue weighted by atomic mass is 10.1. The molecule has 0 rings (SSSR count). The van der Waals surface area contributed by atoms with Crippen LogP contribution in [0.3, 0.4) is 0 Å². The fourth-order valence-electron chi connectivity index (χ4n) is 1.16. The molecule has 0 amide bonds. The van der Waals surface area contributed by atoms with Crippen LogP contribution in [0.1, 0.15) is 33.6 Å². The molecule has 0 aromatic rings. The zero-order chi connectivity index (χ0) is 12.4. The normalized spacial score (nSPS) is 15.4. The molecule has 0 aliphatic heterocycles. The van der Waals surface area contributed by atoms with E-state index in [1.807, 2.05) is 13.8 Å². The van der Waals surface area contributed by atoms with Crippen molar-refractivity contribution in [2.45, 2.75) is 45.8 Å². The molecule has 2 unspecified atom stereocenters. The van der Waals surface area contributed by atoms with Gasteiger partial charge in [-0.25, -0.2) is 0 Å². The Bertz CT molecular complexity index is 153. The first kappa shape index (κ1) is 15.8. The van der Waals surface area contributed by atoms with Crippen LogP contribution in [0.2, 0.25) is 0 Å². The van der Waals surface area contributed by atoms with Crippen molar-refractivity contribution in [2.75, 3.05) is 26.3 Å². The fourth-order valence-corrected chi connectivity index (χ4v) is 1.16. The third kappa shape index (κ3) is 9.09. The highest BCUT2D eigenvalue weighted by Crippen LogP contribution is 1.98. The molecule has 4 heteroatoms. The summed E-state index contributed by atoms with van der Waals surface area (Å²) >= 11 is 0. The van der Waals surface area contributed by atoms with Gasteiger partial charge in [0.1, 0.15) is 0 Å². The molecule has 0 aromatic carbocycles. The molecule has 16 heavy (non-hydrogen) atoms. The number of unbranched alkanes of at least 4 members (excludes halogenated alkanes) is 1. The highest BCUT2D eigenvalue weighted by atomic mass is 16.5. The average molecular weight is 233 g/mol. The van der Waals surface area contributed by atoms with Gasteiger partial charge in [-0.05, 0) is 12.3 Å². The van der Waals surface area contributed by atoms with Gasteiger partial charge in [0.05, 0.1) is 18.8 Å². The second-order valence-electron chi connectivity index (χ2n) is 4.55. The third-order valence-electron chi connectivity index (χ3n) is 2.46. The van der Waals surface area contributed by atoms with Crippen molar-refractivity contribution in [1.29, 1.82) is 0 Å². The first-order chi connectivity index (χ1) is 7.57. The van der Waals surface area contributed by atoms with Gasteiger partial charge in [-0.2, -0.15) is 0 Å². The molecule has 0 spiro atoms. The summed E-state index contributed by atoms with van der Waals surface area (Å²) in [4.78, 5) is 0. The topological polar surface area (TPSA) is 61.7 Å². The Morgan fingerprint density at radius 2 is 1.88 bits per heavy atom. The van der Waals surface area contributed by atoms with Crippen LogP contribution in [-0.4, -0.2) is 48.7 Å². The summed E-state index contributed by atoms with van der Waals surface area (Å²) < 4.78 is 5.29. The van der Waals surface area contributed by atoms with Crippen LogP contribution in [0.4, 0.5) is 0 Å². The first-order valence-electron chi connectivity index (χ1n) is 6.22. The maximum absolute atomic E-state index is 9.53. The van der Waals surface area contributed by atoms with Crippen LogP contribution < -0.4 is 5.32 Å². The minimum atomic E-state index is -0.490. The number of nitrogens with one attached hydrogen (secondary N) is 1. The molecular formula is C12H27NO3. The SMILES string of the molecule is CCCCOCC(O)CNCC(O)C(C)C. The van der Waals surface area contributed by atoms with Crippen molar-refractivity contribution >= 4 is 0 Å². The molecule has 3 N–H and O–H groups in total. The lowest BCUT2D eigenvalue weighted by Crippen LogP contribution is -2.37. The van der Waals surface area contributed by atoms with Crippen LogP contribution >= 0.6 is 0 Å². The Balaban J connectivity index is 3.33. The molecule has 0 heterocycles. The van der Waals surface area contributed by atoms with Gasteiger partial charge in [-0.3, -0.25) is 0 Å². The van der Waals surface area contributed by atoms with E-state index in [1.54, 1.807) is 0 Å². The van der Waals surface area contributed by atoms with E-state index < -0.39 is 6.10 Å². The van der Waals surface area contributed by atoms with Gasteiger partial charge in [0.2, 0.25) is 0 Å². The predicted octanol–water partition coefficient (Wildman–Crippen LogP) is 0.770. The van der Waals surface area contributed by atoms with Gasteiger partial charge < -0.3 is 20.3 Å². The maximum Gasteiger partial charge on any atom is 0.0897 e. The minimum absolute atomic E-state index is 0.241. The molecule has 0 fully saturated rings. The Morgan fingerprint density at radius 3 is 2.44 bits per heavy atom. The molecule has 0 aliphatic carbocycles. The van der Waals surface area contributed by atoms with E-state index in [1.165, 1.54) is 0 Å². The van der Waals surface area contributed by atoms with E-state index >= 15 is 0 Å². The molecular weight excluding hydrogens is 206 g/mol. The molecule has 0 aromatic heterocycles. The smallest absolute Gasteiger partial charge is 0.0897 e. The molecule has 0 bridgehead atoms. The standard InChI is InChI=1S/C12H27NO3/c1-4-5-6-16-9-11(14)7-13-8-12(15)10(2)3/h10-15H,4-9H2,1-3H3. The van der Waals surface area contributed by atoms with Crippen molar-refractivity contribution in [3.8, 4) is 0 Å². The Labute approximate surface area is 99.0 Å². The average Bonchev–Trinajstić information content (AvgIpc) is 2.24. The van der Waals surface area contributed by atoms with E-state index in [4.69, 9.17) is 4.74 Å². The van der Waals surface area contributed by atoms with Crippen LogP contribution in [0, 0.1) is 5.92 Å². The zero-order valence-electron chi connectivity index (χ0n) is 10.8. The van der Waals surface area contributed by atoms with Gasteiger partial charge in [-0.1, -0.05) is 27.2 Å². The van der Waals surface area contributed by atoms with Crippen molar-refractivity contribution in [1.82, 2.24) is 5.32 Å². The van der Waals surface area contributed by atoms with Crippen molar-refractivity contribution < 1.29 is 14.9 Å². The Hall–Kier alpha value is -0.160. The minimum Gasteiger partial charge on any atom is -0.392 e. The molecule has 98 valence electrons. The van der Waals surface area contributed by atoms with Crippen molar-refractivity contribution in [3.63, 3.8) is 0 Å². The zero-order valence-corrected chi connectivity index (χ0v) is 10.8. The van der Waals surface area contributed by atoms with Crippen LogP contribution in [0.25, 0.3) is 0 Å². The fraction of sp³-hybridized carbons (Fsp3) is 1.00. The lowest BCUT2D eigenvalue weighted by molar-refractivity contribution is 0.0331. The summed E-state index contributed by atoms with van der Waals surface area (Å²) in [6.07, 6.45) is 1.30. The maximum atomic E-state index is 9.53. The summed E-state index contributed by atoms with van der Waals surface area (Å²) in [5, 5.41) is 22.1. The van der Waals surface area contributed by atoms with E-state index in [9.17, 15) is 10.2 Å². The molecule has 0 aliphatic rings. The van der Waals surface area contributed by atoms with Crippen LogP contribution in [-0.2, 0) is 4.74 Å². The quantitative estimate of drug-likeness (QED) is 0.488. The third-order valence-corrected chi connectivity index (χ3v) is 2.46. The van der Waals surface area contributed by atoms with Gasteiger partial charge in [-0.15, -0.1) is 0 Å². The van der Waals surface area contributed by atoms with E-state index in [-0.39, 0.29) is 12.0 Å². The van der Waals surface area contributed by atoms with Crippen LogP contribution in [0.5, 0.6) is 0 Å². The van der Waals surface area contributed by atoms with Crippen LogP contribution in [0.15, 0.2) is 0 Å². The summed E-state index contributed by atoms with van der Waals surface area (Å²) in [7, 11) is 0. The first-order valence-corrected chi connectivity index (χ1v) is 6.22. The van der Waals surface area contributed by atoms with Gasteiger partial charge >= 0.3 is 0 Å². The second kappa shape index (κ2) is 10.0. The number of ether oxygens (including phenoxy) is 1. The van der Waals surface area contributed by atoms with Gasteiger partial charge in [0.15, 0.2) is 0 Å². The summed E-state index contributed by atoms with van der Waals surface area (Å²) in [6.45, 7) is 8.11. The molecule has 2 atom stereocenters. The Kier molecular flexibility index (Phi) is 9.92. The summed E-state index contributed by atoms with van der Waals surface area (Å²) in [5.74, 6) is 0.241. The summed E-state index contributed by atoms with van der Waals surface area (Å²) in [5.41, 5.74) is 0. The number of hydrogen-bond donors (Lipinski definition) is 3. The highest BCUT2D eigenvalue weighted by Gasteiger charge is 2.09. The molecule has 0 saturated carbocycles. The number of rotatable bonds is 10. The van der Waals surface area contributed by atoms with Gasteiger partial charge in [0.25, 0.3) is 0 Å².